The van der Waals surface area contributed by atoms with Gasteiger partial charge in [0.25, 0.3) is 6.71 Å². The molecule has 0 unspecified atom stereocenters. The summed E-state index contributed by atoms with van der Waals surface area (Å²) >= 11 is 0. The molecule has 0 amide bonds. The first kappa shape index (κ1) is 41.8. The van der Waals surface area contributed by atoms with E-state index in [0.717, 1.165) is 75.9 Å². The van der Waals surface area contributed by atoms with Crippen LogP contribution in [0.1, 0.15) is 137 Å². The van der Waals surface area contributed by atoms with Crippen LogP contribution in [0.5, 0.6) is 0 Å². The zero-order chi connectivity index (χ0) is 52.5. The summed E-state index contributed by atoms with van der Waals surface area (Å²) in [5.41, 5.74) is 24.7. The lowest BCUT2D eigenvalue weighted by atomic mass is 9.33. The van der Waals surface area contributed by atoms with Crippen LogP contribution in [-0.4, -0.2) is 6.71 Å². The summed E-state index contributed by atoms with van der Waals surface area (Å²) in [4.78, 5) is 7.26. The largest absolute Gasteiger partial charge is 0.311 e. The fourth-order valence-electron chi connectivity index (χ4n) is 14.5. The lowest BCUT2D eigenvalue weighted by Gasteiger charge is -2.48. The van der Waals surface area contributed by atoms with Gasteiger partial charge in [0.2, 0.25) is 0 Å². The fourth-order valence-corrected chi connectivity index (χ4v) is 14.5. The second kappa shape index (κ2) is 15.1. The van der Waals surface area contributed by atoms with Crippen molar-refractivity contribution in [3.8, 4) is 11.1 Å². The van der Waals surface area contributed by atoms with E-state index in [1.165, 1.54) is 61.0 Å². The smallest absolute Gasteiger partial charge is 0.252 e. The van der Waals surface area contributed by atoms with E-state index in [4.69, 9.17) is 0 Å². The first-order chi connectivity index (χ1) is 35.5. The van der Waals surface area contributed by atoms with Crippen molar-refractivity contribution in [1.29, 1.82) is 0 Å². The van der Waals surface area contributed by atoms with Gasteiger partial charge in [0.15, 0.2) is 0 Å². The lowest BCUT2D eigenvalue weighted by molar-refractivity contribution is 0.332. The summed E-state index contributed by atoms with van der Waals surface area (Å²) in [7, 11) is 0. The molecule has 0 bridgehead atoms. The highest BCUT2D eigenvalue weighted by Gasteiger charge is 2.49. The van der Waals surface area contributed by atoms with Crippen molar-refractivity contribution in [2.45, 2.75) is 129 Å². The van der Waals surface area contributed by atoms with E-state index in [-0.39, 0.29) is 33.8 Å². The molecule has 13 rings (SSSR count). The molecule has 0 fully saturated rings. The summed E-state index contributed by atoms with van der Waals surface area (Å²) in [6.45, 7) is 23.6. The zero-order valence-corrected chi connectivity index (χ0v) is 44.1. The summed E-state index contributed by atoms with van der Waals surface area (Å²) in [6.07, 6.45) is 3.24. The maximum atomic E-state index is 9.32. The molecule has 8 aromatic rings. The minimum Gasteiger partial charge on any atom is -0.311 e. The van der Waals surface area contributed by atoms with Gasteiger partial charge in [-0.2, -0.15) is 0 Å². The van der Waals surface area contributed by atoms with Crippen LogP contribution in [0.2, 0.25) is 0 Å². The third-order valence-electron chi connectivity index (χ3n) is 18.1. The molecule has 3 nitrogen and oxygen atoms in total. The van der Waals surface area contributed by atoms with Gasteiger partial charge < -0.3 is 14.7 Å². The summed E-state index contributed by atoms with van der Waals surface area (Å²) < 4.78 is 27.9. The standard InChI is InChI=1S/C68H68BN3/c1-42-33-61-63-62(34-42)72(58-39-55-52(35-43(58)2)66(7,8)41-67(55,9)10)60-40-54-53(64(3,4)31-32-65(54,5)6)38-57(60)69(63)56-30-28-47(70(44-21-15-13-16-22-44)45-23-17-14-18-24-45)37-59(56)71(61)46-27-29-51-49(36-46)48-25-19-20-26-50(48)68(51,11)12/h13-30,33-40H,31-32,41H2,1-12H3/i1D3. The van der Waals surface area contributed by atoms with Crippen molar-refractivity contribution in [3.05, 3.63) is 202 Å². The minimum absolute atomic E-state index is 0.0211. The molecule has 0 N–H and O–H groups in total. The molecule has 72 heavy (non-hydrogen) atoms. The average Bonchev–Trinajstić information content (AvgIpc) is 3.73. The van der Waals surface area contributed by atoms with Crippen molar-refractivity contribution < 1.29 is 4.11 Å². The maximum absolute atomic E-state index is 9.32. The van der Waals surface area contributed by atoms with Crippen LogP contribution in [0, 0.1) is 13.8 Å². The number of nitrogens with zero attached hydrogens (tertiary/aromatic N) is 3. The summed E-state index contributed by atoms with van der Waals surface area (Å²) in [5, 5.41) is 0. The Hall–Kier alpha value is -6.78. The van der Waals surface area contributed by atoms with Gasteiger partial charge in [0, 0.05) is 60.7 Å². The van der Waals surface area contributed by atoms with Gasteiger partial charge in [-0.05, 0) is 200 Å². The number of fused-ring (bicyclic) bond motifs is 9. The molecule has 5 aliphatic rings. The fraction of sp³-hybridized carbons (Fsp3) is 0.294. The number of aryl methyl sites for hydroxylation is 2. The molecular weight excluding hydrogens is 870 g/mol. The van der Waals surface area contributed by atoms with Crippen LogP contribution in [0.4, 0.5) is 51.2 Å². The molecular formula is C68H68BN3. The first-order valence-corrected chi connectivity index (χ1v) is 26.4. The second-order valence-corrected chi connectivity index (χ2v) is 25.0. The third-order valence-corrected chi connectivity index (χ3v) is 18.1. The molecule has 0 saturated carbocycles. The number of hydrogen-bond donors (Lipinski definition) is 0. The van der Waals surface area contributed by atoms with Gasteiger partial charge in [-0.15, -0.1) is 0 Å². The van der Waals surface area contributed by atoms with Crippen molar-refractivity contribution in [2.75, 3.05) is 14.7 Å². The maximum Gasteiger partial charge on any atom is 0.252 e. The SMILES string of the molecule is [2H]C([2H])([2H])c1cc2c3c(c1)N(c1cc4c(cc1C)C(C)(C)CC4(C)C)c1cc4c(cc1B3c1ccc(N(c3ccccc3)c3ccccc3)cc1N2c1ccc2c(c1)-c1ccccc1C2(C)C)C(C)(C)CCC4(C)C. The van der Waals surface area contributed by atoms with Crippen molar-refractivity contribution in [1.82, 2.24) is 0 Å². The average molecular weight is 941 g/mol. The Kier molecular flexibility index (Phi) is 8.79. The quantitative estimate of drug-likeness (QED) is 0.159. The van der Waals surface area contributed by atoms with E-state index < -0.39 is 6.85 Å². The van der Waals surface area contributed by atoms with Crippen molar-refractivity contribution in [2.24, 2.45) is 0 Å². The Labute approximate surface area is 433 Å². The highest BCUT2D eigenvalue weighted by molar-refractivity contribution is 7.00. The molecule has 3 aliphatic carbocycles. The highest BCUT2D eigenvalue weighted by atomic mass is 15.2. The van der Waals surface area contributed by atoms with Crippen LogP contribution in [0.25, 0.3) is 11.1 Å². The normalized spacial score (nSPS) is 19.1. The van der Waals surface area contributed by atoms with Crippen LogP contribution < -0.4 is 31.1 Å². The van der Waals surface area contributed by atoms with E-state index >= 15 is 0 Å². The van der Waals surface area contributed by atoms with E-state index in [1.54, 1.807) is 0 Å². The third kappa shape index (κ3) is 6.42. The van der Waals surface area contributed by atoms with Crippen LogP contribution in [-0.2, 0) is 27.1 Å². The predicted octanol–water partition coefficient (Wildman–Crippen LogP) is 16.5. The molecule has 0 atom stereocenters. The van der Waals surface area contributed by atoms with Gasteiger partial charge in [0.1, 0.15) is 0 Å². The molecule has 0 aromatic heterocycles. The summed E-state index contributed by atoms with van der Waals surface area (Å²) in [5.74, 6) is 0. The Morgan fingerprint density at radius 1 is 0.444 bits per heavy atom. The van der Waals surface area contributed by atoms with Gasteiger partial charge in [0.05, 0.1) is 0 Å². The number of rotatable bonds is 5. The highest BCUT2D eigenvalue weighted by Crippen LogP contribution is 2.56. The van der Waals surface area contributed by atoms with Crippen LogP contribution in [0.3, 0.4) is 0 Å². The Morgan fingerprint density at radius 3 is 1.67 bits per heavy atom. The second-order valence-electron chi connectivity index (χ2n) is 25.0. The lowest BCUT2D eigenvalue weighted by Crippen LogP contribution is -2.62. The first-order valence-electron chi connectivity index (χ1n) is 27.9. The molecule has 358 valence electrons. The van der Waals surface area contributed by atoms with E-state index in [0.29, 0.717) is 5.56 Å². The molecule has 0 saturated heterocycles. The molecule has 8 aromatic carbocycles. The molecule has 0 spiro atoms. The van der Waals surface area contributed by atoms with Gasteiger partial charge >= 0.3 is 0 Å². The Balaban J connectivity index is 1.16. The van der Waals surface area contributed by atoms with E-state index in [2.05, 4.69) is 236 Å². The number of anilines is 9. The summed E-state index contributed by atoms with van der Waals surface area (Å²) in [6, 6.07) is 58.3. The molecule has 2 heterocycles. The van der Waals surface area contributed by atoms with Crippen molar-refractivity contribution >= 4 is 74.3 Å². The van der Waals surface area contributed by atoms with Crippen LogP contribution >= 0.6 is 0 Å². The molecule has 4 heteroatoms. The molecule has 0 radical (unpaired) electrons. The number of hydrogen-bond acceptors (Lipinski definition) is 3. The Morgan fingerprint density at radius 2 is 1.00 bits per heavy atom. The monoisotopic (exact) mass is 941 g/mol. The minimum atomic E-state index is -2.40. The zero-order valence-electron chi connectivity index (χ0n) is 47.1. The topological polar surface area (TPSA) is 9.72 Å². The Bertz CT molecular complexity index is 3660. The van der Waals surface area contributed by atoms with E-state index in [9.17, 15) is 4.11 Å². The van der Waals surface area contributed by atoms with Gasteiger partial charge in [-0.3, -0.25) is 0 Å². The predicted molar refractivity (Wildman–Crippen MR) is 308 cm³/mol. The van der Waals surface area contributed by atoms with E-state index in [1.807, 2.05) is 12.1 Å². The number of para-hydroxylation sites is 2. The van der Waals surface area contributed by atoms with Gasteiger partial charge in [-0.25, -0.2) is 0 Å². The van der Waals surface area contributed by atoms with Crippen molar-refractivity contribution in [3.63, 3.8) is 0 Å². The van der Waals surface area contributed by atoms with Gasteiger partial charge in [-0.1, -0.05) is 154 Å². The number of benzene rings is 8. The van der Waals surface area contributed by atoms with Crippen LogP contribution in [0.15, 0.2) is 158 Å². The molecule has 2 aliphatic heterocycles.